The van der Waals surface area contributed by atoms with Crippen LogP contribution in [0.2, 0.25) is 0 Å². The number of nitrogens with zero attached hydrogens (tertiary/aromatic N) is 1. The number of H-pyrrole nitrogens is 1. The molecule has 0 bridgehead atoms. The summed E-state index contributed by atoms with van der Waals surface area (Å²) < 4.78 is 4.89. The Kier molecular flexibility index (Phi) is 9.72. The average molecular weight is 533 g/mol. The van der Waals surface area contributed by atoms with Crippen LogP contribution in [0.15, 0.2) is 54.6 Å². The second-order valence-corrected chi connectivity index (χ2v) is 9.89. The summed E-state index contributed by atoms with van der Waals surface area (Å²) in [6, 6.07) is 17.5. The van der Waals surface area contributed by atoms with Crippen molar-refractivity contribution in [2.24, 2.45) is 0 Å². The predicted molar refractivity (Wildman–Crippen MR) is 149 cm³/mol. The summed E-state index contributed by atoms with van der Waals surface area (Å²) in [5.74, 6) is -0.525. The Morgan fingerprint density at radius 3 is 2.54 bits per heavy atom. The molecule has 0 unspecified atom stereocenters. The van der Waals surface area contributed by atoms with Crippen LogP contribution in [0.4, 0.5) is 4.79 Å². The Hall–Kier alpha value is -4.14. The van der Waals surface area contributed by atoms with Crippen molar-refractivity contribution < 1.29 is 23.9 Å². The molecule has 3 N–H and O–H groups in total. The molecule has 1 saturated heterocycles. The van der Waals surface area contributed by atoms with E-state index in [1.165, 1.54) is 4.90 Å². The fraction of sp³-hybridized carbons (Fsp3) is 0.400. The lowest BCUT2D eigenvalue weighted by atomic mass is 10.0. The van der Waals surface area contributed by atoms with Crippen LogP contribution < -0.4 is 10.6 Å². The minimum Gasteiger partial charge on any atom is -0.448 e. The molecule has 1 aliphatic rings. The summed E-state index contributed by atoms with van der Waals surface area (Å²) in [4.78, 5) is 53.7. The van der Waals surface area contributed by atoms with Gasteiger partial charge in [0.2, 0.25) is 11.8 Å². The Morgan fingerprint density at radius 2 is 1.79 bits per heavy atom. The number of hydrogen-bond donors (Lipinski definition) is 3. The van der Waals surface area contributed by atoms with E-state index < -0.39 is 18.0 Å². The molecule has 3 aromatic rings. The van der Waals surface area contributed by atoms with Gasteiger partial charge in [-0.3, -0.25) is 14.5 Å². The molecule has 1 atom stereocenters. The standard InChI is InChI=1S/C30H36N4O5/c1-21(35)10-4-2-7-15-26(32-27(36)20-34-18-19-39-30(34)38)29(37)31-17-16-24-23-13-8-9-14-25(23)33-28(24)22-11-5-3-6-12-22/h3,5-6,8-9,11-14,26,33H,2,4,7,10,15-20H2,1H3,(H,31,37)(H,32,36)/t26-/m0/s1. The number of aromatic amines is 1. The zero-order valence-corrected chi connectivity index (χ0v) is 22.3. The predicted octanol–water partition coefficient (Wildman–Crippen LogP) is 3.97. The highest BCUT2D eigenvalue weighted by atomic mass is 16.6. The molecule has 0 spiro atoms. The van der Waals surface area contributed by atoms with Gasteiger partial charge in [-0.1, -0.05) is 61.4 Å². The summed E-state index contributed by atoms with van der Waals surface area (Å²) in [6.45, 7) is 2.42. The highest BCUT2D eigenvalue weighted by Gasteiger charge is 2.27. The average Bonchev–Trinajstić information content (AvgIpc) is 3.51. The maximum absolute atomic E-state index is 13.2. The number of aromatic nitrogens is 1. The van der Waals surface area contributed by atoms with Crippen molar-refractivity contribution in [3.8, 4) is 11.3 Å². The minimum atomic E-state index is -0.731. The number of amides is 3. The summed E-state index contributed by atoms with van der Waals surface area (Å²) in [6.07, 6.45) is 3.27. The van der Waals surface area contributed by atoms with Crippen LogP contribution in [0, 0.1) is 0 Å². The monoisotopic (exact) mass is 532 g/mol. The lowest BCUT2D eigenvalue weighted by Gasteiger charge is -2.20. The molecule has 9 nitrogen and oxygen atoms in total. The van der Waals surface area contributed by atoms with Gasteiger partial charge in [-0.2, -0.15) is 0 Å². The summed E-state index contributed by atoms with van der Waals surface area (Å²) in [7, 11) is 0. The maximum Gasteiger partial charge on any atom is 0.410 e. The molecule has 1 fully saturated rings. The van der Waals surface area contributed by atoms with Gasteiger partial charge in [0.1, 0.15) is 25.0 Å². The number of unbranched alkanes of at least 4 members (excludes halogenated alkanes) is 2. The van der Waals surface area contributed by atoms with Gasteiger partial charge >= 0.3 is 6.09 Å². The van der Waals surface area contributed by atoms with E-state index in [4.69, 9.17) is 4.74 Å². The van der Waals surface area contributed by atoms with Crippen molar-refractivity contribution in [1.29, 1.82) is 0 Å². The van der Waals surface area contributed by atoms with Crippen molar-refractivity contribution >= 4 is 34.6 Å². The van der Waals surface area contributed by atoms with E-state index in [0.29, 0.717) is 38.8 Å². The van der Waals surface area contributed by atoms with Gasteiger partial charge < -0.3 is 25.1 Å². The summed E-state index contributed by atoms with van der Waals surface area (Å²) >= 11 is 0. The van der Waals surface area contributed by atoms with E-state index in [9.17, 15) is 19.2 Å². The number of nitrogens with one attached hydrogen (secondary N) is 3. The van der Waals surface area contributed by atoms with E-state index in [-0.39, 0.29) is 24.8 Å². The molecular weight excluding hydrogens is 496 g/mol. The van der Waals surface area contributed by atoms with Gasteiger partial charge in [-0.15, -0.1) is 0 Å². The number of Topliss-reactive ketones (excluding diaryl/α,β-unsaturated/α-hetero) is 1. The second-order valence-electron chi connectivity index (χ2n) is 9.89. The van der Waals surface area contributed by atoms with Crippen LogP contribution in [0.3, 0.4) is 0 Å². The Morgan fingerprint density at radius 1 is 1.03 bits per heavy atom. The van der Waals surface area contributed by atoms with E-state index >= 15 is 0 Å². The fourth-order valence-electron chi connectivity index (χ4n) is 4.90. The molecular formula is C30H36N4O5. The number of cyclic esters (lactones) is 1. The molecule has 2 aromatic carbocycles. The van der Waals surface area contributed by atoms with Crippen LogP contribution in [0.25, 0.3) is 22.2 Å². The molecule has 1 aromatic heterocycles. The summed E-state index contributed by atoms with van der Waals surface area (Å²) in [5.41, 5.74) is 4.26. The molecule has 3 amide bonds. The lowest BCUT2D eigenvalue weighted by Crippen LogP contribution is -2.50. The molecule has 4 rings (SSSR count). The molecule has 0 aliphatic carbocycles. The van der Waals surface area contributed by atoms with Crippen molar-refractivity contribution in [3.05, 3.63) is 60.2 Å². The van der Waals surface area contributed by atoms with Gasteiger partial charge in [-0.05, 0) is 43.4 Å². The quantitative estimate of drug-likeness (QED) is 0.271. The van der Waals surface area contributed by atoms with Crippen molar-refractivity contribution in [3.63, 3.8) is 0 Å². The number of carbonyl (C=O) groups excluding carboxylic acids is 4. The third-order valence-electron chi connectivity index (χ3n) is 6.90. The van der Waals surface area contributed by atoms with Crippen LogP contribution >= 0.6 is 0 Å². The number of hydrogen-bond acceptors (Lipinski definition) is 5. The Balaban J connectivity index is 1.39. The van der Waals surface area contributed by atoms with Gasteiger partial charge in [0.15, 0.2) is 0 Å². The number of carbonyl (C=O) groups is 4. The largest absolute Gasteiger partial charge is 0.448 e. The van der Waals surface area contributed by atoms with E-state index in [1.807, 2.05) is 36.4 Å². The molecule has 1 aliphatic heterocycles. The number of fused-ring (bicyclic) bond motifs is 1. The second kappa shape index (κ2) is 13.6. The molecule has 2 heterocycles. The number of ketones is 1. The van der Waals surface area contributed by atoms with Gasteiger partial charge in [0.25, 0.3) is 0 Å². The van der Waals surface area contributed by atoms with Crippen molar-refractivity contribution in [1.82, 2.24) is 20.5 Å². The Labute approximate surface area is 228 Å². The molecule has 0 radical (unpaired) electrons. The highest BCUT2D eigenvalue weighted by Crippen LogP contribution is 2.30. The van der Waals surface area contributed by atoms with Gasteiger partial charge in [0.05, 0.1) is 6.54 Å². The van der Waals surface area contributed by atoms with Crippen molar-refractivity contribution in [2.75, 3.05) is 26.2 Å². The fourth-order valence-corrected chi connectivity index (χ4v) is 4.90. The van der Waals surface area contributed by atoms with E-state index in [1.54, 1.807) is 6.92 Å². The first-order valence-electron chi connectivity index (χ1n) is 13.6. The first kappa shape index (κ1) is 27.9. The normalized spacial score (nSPS) is 13.8. The molecule has 206 valence electrons. The van der Waals surface area contributed by atoms with Gasteiger partial charge in [-0.25, -0.2) is 4.79 Å². The van der Waals surface area contributed by atoms with Crippen molar-refractivity contribution in [2.45, 2.75) is 51.5 Å². The lowest BCUT2D eigenvalue weighted by molar-refractivity contribution is -0.129. The highest BCUT2D eigenvalue weighted by molar-refractivity contribution is 5.91. The molecule has 39 heavy (non-hydrogen) atoms. The zero-order chi connectivity index (χ0) is 27.6. The third-order valence-corrected chi connectivity index (χ3v) is 6.90. The van der Waals surface area contributed by atoms with Crippen LogP contribution in [0.1, 0.15) is 44.6 Å². The van der Waals surface area contributed by atoms with E-state index in [2.05, 4.69) is 33.8 Å². The first-order chi connectivity index (χ1) is 18.9. The van der Waals surface area contributed by atoms with Gasteiger partial charge in [0, 0.05) is 29.6 Å². The SMILES string of the molecule is CC(=O)CCCCC[C@H](NC(=O)CN1CCOC1=O)C(=O)NCCc1c(-c2ccccc2)[nH]c2ccccc12. The smallest absolute Gasteiger partial charge is 0.410 e. The molecule has 9 heteroatoms. The molecule has 0 saturated carbocycles. The van der Waals surface area contributed by atoms with E-state index in [0.717, 1.165) is 40.6 Å². The first-order valence-corrected chi connectivity index (χ1v) is 13.6. The number of benzene rings is 2. The maximum atomic E-state index is 13.2. The minimum absolute atomic E-state index is 0.141. The van der Waals surface area contributed by atoms with Crippen LogP contribution in [-0.4, -0.2) is 65.9 Å². The van der Waals surface area contributed by atoms with Crippen LogP contribution in [0.5, 0.6) is 0 Å². The Bertz CT molecular complexity index is 1300. The number of para-hydroxylation sites is 1. The summed E-state index contributed by atoms with van der Waals surface area (Å²) in [5, 5.41) is 6.92. The van der Waals surface area contributed by atoms with Crippen LogP contribution in [-0.2, 0) is 25.5 Å². The number of rotatable bonds is 14. The zero-order valence-electron chi connectivity index (χ0n) is 22.3. The number of ether oxygens (including phenoxy) is 1. The third kappa shape index (κ3) is 7.69. The topological polar surface area (TPSA) is 121 Å².